The van der Waals surface area contributed by atoms with Gasteiger partial charge >= 0.3 is 6.03 Å². The van der Waals surface area contributed by atoms with Crippen LogP contribution in [0.25, 0.3) is 21.5 Å². The Morgan fingerprint density at radius 3 is 2.17 bits per heavy atom. The second kappa shape index (κ2) is 11.7. The average Bonchev–Trinajstić information content (AvgIpc) is 3.08. The summed E-state index contributed by atoms with van der Waals surface area (Å²) >= 11 is 0. The molecular weight excluding hydrogens is 582 g/mol. The zero-order valence-electron chi connectivity index (χ0n) is 26.9. The van der Waals surface area contributed by atoms with E-state index in [1.54, 1.807) is 4.90 Å². The molecule has 6 aromatic rings. The number of aryl methyl sites for hydroxylation is 2. The molecule has 2 amide bonds. The maximum Gasteiger partial charge on any atom is 0.335 e. The molecule has 3 heterocycles. The van der Waals surface area contributed by atoms with Crippen molar-refractivity contribution >= 4 is 62.1 Å². The molecule has 1 saturated heterocycles. The molecule has 5 aromatic carbocycles. The highest BCUT2D eigenvalue weighted by molar-refractivity contribution is 6.16. The minimum atomic E-state index is -0.142. The molecule has 8 nitrogen and oxygen atoms in total. The molecule has 0 saturated carbocycles. The van der Waals surface area contributed by atoms with Gasteiger partial charge in [-0.15, -0.1) is 0 Å². The summed E-state index contributed by atoms with van der Waals surface area (Å²) in [5, 5.41) is 7.73. The van der Waals surface area contributed by atoms with Crippen molar-refractivity contribution in [2.45, 2.75) is 20.4 Å². The lowest BCUT2D eigenvalue weighted by Crippen LogP contribution is -2.46. The number of urea groups is 1. The Morgan fingerprint density at radius 2 is 1.43 bits per heavy atom. The molecule has 1 aromatic heterocycles. The molecule has 0 unspecified atom stereocenters. The van der Waals surface area contributed by atoms with Gasteiger partial charge in [0, 0.05) is 54.7 Å². The van der Waals surface area contributed by atoms with E-state index in [4.69, 9.17) is 9.97 Å². The Morgan fingerprint density at radius 1 is 0.745 bits per heavy atom. The Balaban J connectivity index is 1.21. The number of hydrogen-bond donors (Lipinski definition) is 1. The van der Waals surface area contributed by atoms with Crippen LogP contribution in [0.4, 0.5) is 39.3 Å². The first-order chi connectivity index (χ1) is 22.9. The molecule has 234 valence electrons. The fourth-order valence-corrected chi connectivity index (χ4v) is 6.93. The van der Waals surface area contributed by atoms with Crippen molar-refractivity contribution in [1.29, 1.82) is 0 Å². The number of carbonyl (C=O) groups is 1. The first-order valence-electron chi connectivity index (χ1n) is 16.2. The third-order valence-electron chi connectivity index (χ3n) is 9.47. The Labute approximate surface area is 274 Å². The number of likely N-dealkylation sites (N-methyl/N-ethyl adjacent to an activating group) is 1. The molecular formula is C39H37N7O. The Hall–Kier alpha value is -5.47. The van der Waals surface area contributed by atoms with Crippen LogP contribution in [0.3, 0.4) is 0 Å². The predicted molar refractivity (Wildman–Crippen MR) is 193 cm³/mol. The van der Waals surface area contributed by atoms with E-state index in [-0.39, 0.29) is 6.03 Å². The van der Waals surface area contributed by atoms with Crippen molar-refractivity contribution in [1.82, 2.24) is 14.9 Å². The highest BCUT2D eigenvalue weighted by Crippen LogP contribution is 2.41. The monoisotopic (exact) mass is 619 g/mol. The number of nitrogens with zero attached hydrogens (tertiary/aromatic N) is 6. The summed E-state index contributed by atoms with van der Waals surface area (Å²) in [6.45, 7) is 8.65. The van der Waals surface area contributed by atoms with Crippen LogP contribution in [0, 0.1) is 13.8 Å². The number of para-hydroxylation sites is 1. The van der Waals surface area contributed by atoms with Crippen molar-refractivity contribution < 1.29 is 4.79 Å². The van der Waals surface area contributed by atoms with Crippen LogP contribution in [0.2, 0.25) is 0 Å². The van der Waals surface area contributed by atoms with Crippen LogP contribution in [-0.4, -0.2) is 54.1 Å². The Kier molecular flexibility index (Phi) is 7.22. The normalized spacial score (nSPS) is 15.4. The van der Waals surface area contributed by atoms with E-state index < -0.39 is 0 Å². The summed E-state index contributed by atoms with van der Waals surface area (Å²) in [7, 11) is 2.17. The van der Waals surface area contributed by atoms with Crippen molar-refractivity contribution in [3.63, 3.8) is 0 Å². The van der Waals surface area contributed by atoms with Crippen LogP contribution in [0.15, 0.2) is 103 Å². The molecule has 1 N–H and O–H groups in total. The van der Waals surface area contributed by atoms with Crippen LogP contribution < -0.4 is 20.0 Å². The lowest BCUT2D eigenvalue weighted by molar-refractivity contribution is 0.252. The third kappa shape index (κ3) is 5.30. The highest BCUT2D eigenvalue weighted by Gasteiger charge is 2.36. The van der Waals surface area contributed by atoms with Crippen LogP contribution in [0.5, 0.6) is 0 Å². The summed E-state index contributed by atoms with van der Waals surface area (Å²) in [6, 6.07) is 33.2. The van der Waals surface area contributed by atoms with E-state index in [2.05, 4.69) is 109 Å². The van der Waals surface area contributed by atoms with E-state index in [9.17, 15) is 4.79 Å². The number of aromatic nitrogens is 2. The van der Waals surface area contributed by atoms with E-state index in [1.807, 2.05) is 35.4 Å². The number of anilines is 6. The number of carbonyl (C=O) groups excluding carboxylic acids is 1. The molecule has 2 aliphatic heterocycles. The average molecular weight is 620 g/mol. The van der Waals surface area contributed by atoms with Crippen LogP contribution in [-0.2, 0) is 6.54 Å². The number of amides is 2. The van der Waals surface area contributed by atoms with Gasteiger partial charge in [0.25, 0.3) is 0 Å². The molecule has 8 heteroatoms. The molecule has 0 spiro atoms. The fourth-order valence-electron chi connectivity index (χ4n) is 6.93. The lowest BCUT2D eigenvalue weighted by Gasteiger charge is -2.37. The van der Waals surface area contributed by atoms with Gasteiger partial charge in [0.15, 0.2) is 5.82 Å². The van der Waals surface area contributed by atoms with Crippen molar-refractivity contribution in [2.24, 2.45) is 0 Å². The van der Waals surface area contributed by atoms with Gasteiger partial charge in [0.1, 0.15) is 0 Å². The third-order valence-corrected chi connectivity index (χ3v) is 9.47. The second-order valence-corrected chi connectivity index (χ2v) is 12.6. The largest absolute Gasteiger partial charge is 0.369 e. The first-order valence-corrected chi connectivity index (χ1v) is 16.2. The predicted octanol–water partition coefficient (Wildman–Crippen LogP) is 8.17. The summed E-state index contributed by atoms with van der Waals surface area (Å²) < 4.78 is 0. The number of hydrogen-bond acceptors (Lipinski definition) is 6. The molecule has 2 aliphatic rings. The van der Waals surface area contributed by atoms with E-state index >= 15 is 0 Å². The molecule has 8 rings (SSSR count). The van der Waals surface area contributed by atoms with E-state index in [0.29, 0.717) is 18.3 Å². The molecule has 0 bridgehead atoms. The van der Waals surface area contributed by atoms with Crippen LogP contribution in [0.1, 0.15) is 16.7 Å². The molecule has 0 atom stereocenters. The zero-order valence-corrected chi connectivity index (χ0v) is 26.9. The minimum Gasteiger partial charge on any atom is -0.369 e. The zero-order chi connectivity index (χ0) is 32.1. The van der Waals surface area contributed by atoms with Gasteiger partial charge in [-0.2, -0.15) is 4.98 Å². The minimum absolute atomic E-state index is 0.142. The van der Waals surface area contributed by atoms with Gasteiger partial charge in [-0.1, -0.05) is 54.6 Å². The topological polar surface area (TPSA) is 67.8 Å². The van der Waals surface area contributed by atoms with Gasteiger partial charge in [0.2, 0.25) is 5.95 Å². The first kappa shape index (κ1) is 29.0. The number of nitrogens with one attached hydrogen (secondary N) is 1. The number of fused-ring (bicyclic) bond motifs is 3. The lowest BCUT2D eigenvalue weighted by atomic mass is 10.0. The van der Waals surface area contributed by atoms with Crippen LogP contribution >= 0.6 is 0 Å². The number of piperazine rings is 1. The quantitative estimate of drug-likeness (QED) is 0.196. The van der Waals surface area contributed by atoms with Gasteiger partial charge in [-0.25, -0.2) is 14.7 Å². The van der Waals surface area contributed by atoms with Gasteiger partial charge < -0.3 is 15.1 Å². The summed E-state index contributed by atoms with van der Waals surface area (Å²) in [6.07, 6.45) is 1.85. The summed E-state index contributed by atoms with van der Waals surface area (Å²) in [4.78, 5) is 32.9. The molecule has 0 radical (unpaired) electrons. The molecule has 0 aliphatic carbocycles. The standard InChI is InChI=1S/C39H37N7O/c1-26-8-6-9-27(2)36(26)45-25-31-24-40-38(41-32-14-16-33(17-15-32)44-20-18-43(3)19-21-44)42-37(31)46(39(45)47)35-13-7-12-30-22-28-10-4-5-11-29(28)23-34(30)35/h4-17,22-24H,18-21,25H2,1-3H3,(H,40,41,42). The summed E-state index contributed by atoms with van der Waals surface area (Å²) in [5.74, 6) is 1.03. The number of benzene rings is 5. The molecule has 47 heavy (non-hydrogen) atoms. The maximum atomic E-state index is 14.7. The van der Waals surface area contributed by atoms with E-state index in [1.165, 1.54) is 5.69 Å². The maximum absolute atomic E-state index is 14.7. The second-order valence-electron chi connectivity index (χ2n) is 12.6. The summed E-state index contributed by atoms with van der Waals surface area (Å²) in [5.41, 5.74) is 6.78. The van der Waals surface area contributed by atoms with Gasteiger partial charge in [-0.05, 0) is 90.6 Å². The van der Waals surface area contributed by atoms with Gasteiger partial charge in [0.05, 0.1) is 17.9 Å². The Bertz CT molecular complexity index is 2120. The fraction of sp³-hybridized carbons (Fsp3) is 0.205. The van der Waals surface area contributed by atoms with E-state index in [0.717, 1.165) is 81.5 Å². The molecule has 1 fully saturated rings. The highest BCUT2D eigenvalue weighted by atomic mass is 16.2. The smallest absolute Gasteiger partial charge is 0.335 e. The van der Waals surface area contributed by atoms with Crippen molar-refractivity contribution in [3.05, 3.63) is 120 Å². The SMILES string of the molecule is Cc1cccc(C)c1N1Cc2cnc(Nc3ccc(N4CCN(C)CC4)cc3)nc2N(c2cccc3cc4ccccc4cc23)C1=O. The number of rotatable bonds is 5. The van der Waals surface area contributed by atoms with Crippen molar-refractivity contribution in [3.8, 4) is 0 Å². The van der Waals surface area contributed by atoms with Crippen molar-refractivity contribution in [2.75, 3.05) is 53.2 Å². The van der Waals surface area contributed by atoms with Gasteiger partial charge in [-0.3, -0.25) is 4.90 Å².